The average Bonchev–Trinajstić information content (AvgIpc) is 2.90. The van der Waals surface area contributed by atoms with Crippen LogP contribution >= 0.6 is 11.6 Å². The molecule has 3 aromatic rings. The van der Waals surface area contributed by atoms with Gasteiger partial charge in [-0.15, -0.1) is 0 Å². The Hall–Kier alpha value is -2.27. The standard InChI is InChI=1S/C15H15ClN4O/c1-21-11-2-3-13-12(8-11)10(9-19-13)4-6-17-14-5-7-18-15(16)20-14/h2-3,5,7-9,19H,4,6H2,1H3,(H,17,18,20). The second-order valence-electron chi connectivity index (χ2n) is 4.61. The third-order valence-electron chi connectivity index (χ3n) is 3.30. The van der Waals surface area contributed by atoms with Crippen molar-refractivity contribution in [3.63, 3.8) is 0 Å². The first-order valence-corrected chi connectivity index (χ1v) is 7.00. The van der Waals surface area contributed by atoms with E-state index in [0.29, 0.717) is 0 Å². The molecular formula is C15H15ClN4O. The zero-order valence-electron chi connectivity index (χ0n) is 11.6. The lowest BCUT2D eigenvalue weighted by atomic mass is 10.1. The van der Waals surface area contributed by atoms with Gasteiger partial charge in [0.1, 0.15) is 11.6 Å². The summed E-state index contributed by atoms with van der Waals surface area (Å²) in [6, 6.07) is 7.81. The number of benzene rings is 1. The molecule has 5 nitrogen and oxygen atoms in total. The monoisotopic (exact) mass is 302 g/mol. The Balaban J connectivity index is 1.70. The number of hydrogen-bond donors (Lipinski definition) is 2. The van der Waals surface area contributed by atoms with Crippen LogP contribution in [0.2, 0.25) is 5.28 Å². The highest BCUT2D eigenvalue weighted by molar-refractivity contribution is 6.28. The van der Waals surface area contributed by atoms with Gasteiger partial charge in [0.25, 0.3) is 0 Å². The SMILES string of the molecule is COc1ccc2[nH]cc(CCNc3ccnc(Cl)n3)c2c1. The van der Waals surface area contributed by atoms with Crippen LogP contribution in [0, 0.1) is 0 Å². The number of nitrogens with zero attached hydrogens (tertiary/aromatic N) is 2. The molecular weight excluding hydrogens is 288 g/mol. The first kappa shape index (κ1) is 13.7. The Morgan fingerprint density at radius 3 is 3.05 bits per heavy atom. The number of nitrogens with one attached hydrogen (secondary N) is 2. The summed E-state index contributed by atoms with van der Waals surface area (Å²) >= 11 is 5.75. The van der Waals surface area contributed by atoms with Crippen LogP contribution in [0.3, 0.4) is 0 Å². The summed E-state index contributed by atoms with van der Waals surface area (Å²) in [6.07, 6.45) is 4.53. The van der Waals surface area contributed by atoms with E-state index >= 15 is 0 Å². The molecule has 2 N–H and O–H groups in total. The fourth-order valence-electron chi connectivity index (χ4n) is 2.25. The summed E-state index contributed by atoms with van der Waals surface area (Å²) in [4.78, 5) is 11.2. The summed E-state index contributed by atoms with van der Waals surface area (Å²) in [7, 11) is 1.67. The maximum atomic E-state index is 5.75. The van der Waals surface area contributed by atoms with Crippen LogP contribution in [0.25, 0.3) is 10.9 Å². The van der Waals surface area contributed by atoms with Gasteiger partial charge in [-0.05, 0) is 47.9 Å². The van der Waals surface area contributed by atoms with Gasteiger partial charge < -0.3 is 15.0 Å². The topological polar surface area (TPSA) is 62.8 Å². The molecule has 0 unspecified atom stereocenters. The molecule has 108 valence electrons. The van der Waals surface area contributed by atoms with E-state index in [1.54, 1.807) is 19.4 Å². The largest absolute Gasteiger partial charge is 0.497 e. The lowest BCUT2D eigenvalue weighted by Crippen LogP contribution is -2.06. The second-order valence-corrected chi connectivity index (χ2v) is 4.95. The van der Waals surface area contributed by atoms with Crippen LogP contribution in [-0.2, 0) is 6.42 Å². The van der Waals surface area contributed by atoms with Crippen LogP contribution < -0.4 is 10.1 Å². The molecule has 0 fully saturated rings. The molecule has 0 atom stereocenters. The zero-order valence-corrected chi connectivity index (χ0v) is 12.3. The maximum absolute atomic E-state index is 5.75. The summed E-state index contributed by atoms with van der Waals surface area (Å²) in [5, 5.41) is 4.66. The molecule has 21 heavy (non-hydrogen) atoms. The van der Waals surface area contributed by atoms with Gasteiger partial charge in [-0.25, -0.2) is 9.97 Å². The number of aromatic nitrogens is 3. The second kappa shape index (κ2) is 6.01. The molecule has 2 heterocycles. The van der Waals surface area contributed by atoms with Gasteiger partial charge >= 0.3 is 0 Å². The molecule has 0 amide bonds. The predicted octanol–water partition coefficient (Wildman–Crippen LogP) is 3.27. The lowest BCUT2D eigenvalue weighted by molar-refractivity contribution is 0.415. The number of fused-ring (bicyclic) bond motifs is 1. The van der Waals surface area contributed by atoms with Crippen molar-refractivity contribution in [1.82, 2.24) is 15.0 Å². The van der Waals surface area contributed by atoms with Crippen LogP contribution in [-0.4, -0.2) is 28.6 Å². The van der Waals surface area contributed by atoms with Gasteiger partial charge in [0, 0.05) is 29.8 Å². The van der Waals surface area contributed by atoms with E-state index in [1.165, 1.54) is 10.9 Å². The van der Waals surface area contributed by atoms with Gasteiger partial charge in [-0.2, -0.15) is 0 Å². The Morgan fingerprint density at radius 1 is 1.33 bits per heavy atom. The van der Waals surface area contributed by atoms with Crippen molar-refractivity contribution in [3.05, 3.63) is 47.5 Å². The lowest BCUT2D eigenvalue weighted by Gasteiger charge is -2.05. The summed E-state index contributed by atoms with van der Waals surface area (Å²) in [5.74, 6) is 1.59. The number of methoxy groups -OCH3 is 1. The number of anilines is 1. The Morgan fingerprint density at radius 2 is 2.24 bits per heavy atom. The fraction of sp³-hybridized carbons (Fsp3) is 0.200. The highest BCUT2D eigenvalue weighted by Crippen LogP contribution is 2.23. The van der Waals surface area contributed by atoms with E-state index in [1.807, 2.05) is 24.4 Å². The Labute approximate surface area is 127 Å². The molecule has 0 aliphatic heterocycles. The Bertz CT molecular complexity index is 756. The molecule has 0 radical (unpaired) electrons. The van der Waals surface area contributed by atoms with Crippen molar-refractivity contribution in [2.45, 2.75) is 6.42 Å². The van der Waals surface area contributed by atoms with E-state index < -0.39 is 0 Å². The molecule has 1 aromatic carbocycles. The van der Waals surface area contributed by atoms with E-state index in [4.69, 9.17) is 16.3 Å². The minimum atomic E-state index is 0.247. The molecule has 0 saturated carbocycles. The predicted molar refractivity (Wildman–Crippen MR) is 84.1 cm³/mol. The van der Waals surface area contributed by atoms with Crippen LogP contribution in [0.15, 0.2) is 36.7 Å². The van der Waals surface area contributed by atoms with Gasteiger partial charge in [0.15, 0.2) is 0 Å². The third kappa shape index (κ3) is 3.08. The number of halogens is 1. The summed E-state index contributed by atoms with van der Waals surface area (Å²) in [5.41, 5.74) is 2.34. The first-order valence-electron chi connectivity index (χ1n) is 6.62. The van der Waals surface area contributed by atoms with Crippen molar-refractivity contribution < 1.29 is 4.74 Å². The first-order chi connectivity index (χ1) is 10.3. The van der Waals surface area contributed by atoms with E-state index in [9.17, 15) is 0 Å². The quantitative estimate of drug-likeness (QED) is 0.710. The molecule has 0 saturated heterocycles. The van der Waals surface area contributed by atoms with Crippen molar-refractivity contribution in [2.75, 3.05) is 19.0 Å². The van der Waals surface area contributed by atoms with E-state index in [2.05, 4.69) is 20.3 Å². The van der Waals surface area contributed by atoms with Crippen molar-refractivity contribution in [2.24, 2.45) is 0 Å². The molecule has 0 bridgehead atoms. The van der Waals surface area contributed by atoms with Gasteiger partial charge in [0.2, 0.25) is 5.28 Å². The summed E-state index contributed by atoms with van der Waals surface area (Å²) in [6.45, 7) is 0.761. The maximum Gasteiger partial charge on any atom is 0.224 e. The zero-order chi connectivity index (χ0) is 14.7. The van der Waals surface area contributed by atoms with E-state index in [-0.39, 0.29) is 5.28 Å². The highest BCUT2D eigenvalue weighted by atomic mass is 35.5. The summed E-state index contributed by atoms with van der Waals surface area (Å²) < 4.78 is 5.27. The highest BCUT2D eigenvalue weighted by Gasteiger charge is 2.05. The van der Waals surface area contributed by atoms with Gasteiger partial charge in [-0.1, -0.05) is 0 Å². The molecule has 2 aromatic heterocycles. The number of aromatic amines is 1. The molecule has 0 aliphatic carbocycles. The Kier molecular flexibility index (Phi) is 3.92. The van der Waals surface area contributed by atoms with Crippen LogP contribution in [0.4, 0.5) is 5.82 Å². The molecule has 0 aliphatic rings. The molecule has 6 heteroatoms. The molecule has 3 rings (SSSR count). The van der Waals surface area contributed by atoms with E-state index in [0.717, 1.165) is 30.0 Å². The van der Waals surface area contributed by atoms with Gasteiger partial charge in [0.05, 0.1) is 7.11 Å². The van der Waals surface area contributed by atoms with Crippen LogP contribution in [0.5, 0.6) is 5.75 Å². The van der Waals surface area contributed by atoms with Crippen molar-refractivity contribution in [1.29, 1.82) is 0 Å². The normalized spacial score (nSPS) is 10.8. The number of hydrogen-bond acceptors (Lipinski definition) is 4. The number of rotatable bonds is 5. The number of H-pyrrole nitrogens is 1. The van der Waals surface area contributed by atoms with Crippen LogP contribution in [0.1, 0.15) is 5.56 Å². The van der Waals surface area contributed by atoms with Crippen molar-refractivity contribution >= 4 is 28.3 Å². The van der Waals surface area contributed by atoms with Crippen molar-refractivity contribution in [3.8, 4) is 5.75 Å². The van der Waals surface area contributed by atoms with Gasteiger partial charge in [-0.3, -0.25) is 0 Å². The average molecular weight is 303 g/mol. The fourth-order valence-corrected chi connectivity index (χ4v) is 2.40. The number of ether oxygens (including phenoxy) is 1. The minimum absolute atomic E-state index is 0.247. The molecule has 0 spiro atoms. The smallest absolute Gasteiger partial charge is 0.224 e. The minimum Gasteiger partial charge on any atom is -0.497 e. The third-order valence-corrected chi connectivity index (χ3v) is 3.48.